The zero-order valence-electron chi connectivity index (χ0n) is 10.8. The summed E-state index contributed by atoms with van der Waals surface area (Å²) in [6, 6.07) is 6.61. The first-order valence-electron chi connectivity index (χ1n) is 5.93. The van der Waals surface area contributed by atoms with E-state index in [1.165, 1.54) is 18.4 Å². The minimum atomic E-state index is -0.719. The molecule has 0 saturated heterocycles. The van der Waals surface area contributed by atoms with Crippen LogP contribution in [-0.4, -0.2) is 24.7 Å². The Morgan fingerprint density at radius 1 is 1.50 bits per heavy atom. The first-order chi connectivity index (χ1) is 9.61. The Morgan fingerprint density at radius 3 is 2.95 bits per heavy atom. The Hall–Kier alpha value is -1.56. The van der Waals surface area contributed by atoms with Crippen LogP contribution in [0.1, 0.15) is 22.0 Å². The summed E-state index contributed by atoms with van der Waals surface area (Å²) in [5.74, 6) is 0.0906. The van der Waals surface area contributed by atoms with E-state index in [-0.39, 0.29) is 12.5 Å². The van der Waals surface area contributed by atoms with E-state index in [9.17, 15) is 9.90 Å². The van der Waals surface area contributed by atoms with Crippen LogP contribution in [0.25, 0.3) is 0 Å². The van der Waals surface area contributed by atoms with Crippen LogP contribution in [0, 0.1) is 0 Å². The maximum absolute atomic E-state index is 12.1. The molecule has 4 nitrogen and oxygen atoms in total. The highest BCUT2D eigenvalue weighted by Crippen LogP contribution is 2.23. The highest BCUT2D eigenvalue weighted by atomic mass is 35.5. The lowest BCUT2D eigenvalue weighted by Crippen LogP contribution is -2.28. The summed E-state index contributed by atoms with van der Waals surface area (Å²) in [4.78, 5) is 12.1. The molecule has 0 fully saturated rings. The fraction of sp³-hybridized carbons (Fsp3) is 0.214. The molecule has 1 amide bonds. The molecule has 0 saturated carbocycles. The molecular formula is C14H14ClNO3S. The first kappa shape index (κ1) is 14.8. The van der Waals surface area contributed by atoms with E-state index >= 15 is 0 Å². The number of carbonyl (C=O) groups is 1. The number of amides is 1. The quantitative estimate of drug-likeness (QED) is 0.892. The first-order valence-corrected chi connectivity index (χ1v) is 7.26. The summed E-state index contributed by atoms with van der Waals surface area (Å²) in [6.07, 6.45) is -0.719. The van der Waals surface area contributed by atoms with Crippen molar-refractivity contribution >= 4 is 28.8 Å². The number of methoxy groups -OCH3 is 1. The number of thiophene rings is 1. The molecule has 2 rings (SSSR count). The summed E-state index contributed by atoms with van der Waals surface area (Å²) in [5.41, 5.74) is 1.17. The Morgan fingerprint density at radius 2 is 2.30 bits per heavy atom. The lowest BCUT2D eigenvalue weighted by molar-refractivity contribution is 0.0913. The number of hydrogen-bond donors (Lipinski definition) is 2. The fourth-order valence-corrected chi connectivity index (χ4v) is 2.59. The molecule has 1 aromatic carbocycles. The van der Waals surface area contributed by atoms with Gasteiger partial charge in [-0.2, -0.15) is 11.3 Å². The number of aliphatic hydroxyl groups excluding tert-OH is 1. The van der Waals surface area contributed by atoms with Gasteiger partial charge in [0.25, 0.3) is 5.91 Å². The van der Waals surface area contributed by atoms with Gasteiger partial charge in [0.1, 0.15) is 5.75 Å². The molecule has 0 spiro atoms. The third kappa shape index (κ3) is 3.50. The van der Waals surface area contributed by atoms with E-state index in [4.69, 9.17) is 16.3 Å². The second-order valence-corrected chi connectivity index (χ2v) is 5.34. The lowest BCUT2D eigenvalue weighted by atomic mass is 10.1. The van der Waals surface area contributed by atoms with Crippen molar-refractivity contribution in [3.8, 4) is 5.75 Å². The predicted molar refractivity (Wildman–Crippen MR) is 79.6 cm³/mol. The number of halogens is 1. The largest absolute Gasteiger partial charge is 0.496 e. The van der Waals surface area contributed by atoms with E-state index in [0.717, 1.165) is 5.56 Å². The third-order valence-electron chi connectivity index (χ3n) is 2.79. The maximum Gasteiger partial charge on any atom is 0.255 e. The standard InChI is InChI=1S/C14H14ClNO3S/c1-19-13-6-10(15)2-3-11(13)14(18)16-7-12(17)9-4-5-20-8-9/h2-6,8,12,17H,7H2,1H3,(H,16,18). The molecule has 1 atom stereocenters. The van der Waals surface area contributed by atoms with Crippen LogP contribution in [0.4, 0.5) is 0 Å². The van der Waals surface area contributed by atoms with Gasteiger partial charge in [0.05, 0.1) is 18.8 Å². The molecule has 1 unspecified atom stereocenters. The van der Waals surface area contributed by atoms with Crippen LogP contribution < -0.4 is 10.1 Å². The van der Waals surface area contributed by atoms with Crippen molar-refractivity contribution in [2.24, 2.45) is 0 Å². The number of hydrogen-bond acceptors (Lipinski definition) is 4. The second kappa shape index (κ2) is 6.74. The molecule has 0 aliphatic carbocycles. The number of carbonyl (C=O) groups excluding carboxylic acids is 1. The Kier molecular flexibility index (Phi) is 5.00. The minimum Gasteiger partial charge on any atom is -0.496 e. The van der Waals surface area contributed by atoms with Crippen molar-refractivity contribution in [1.82, 2.24) is 5.32 Å². The third-order valence-corrected chi connectivity index (χ3v) is 3.73. The molecule has 1 aromatic heterocycles. The zero-order valence-corrected chi connectivity index (χ0v) is 12.4. The SMILES string of the molecule is COc1cc(Cl)ccc1C(=O)NCC(O)c1ccsc1. The van der Waals surface area contributed by atoms with Gasteiger partial charge in [-0.25, -0.2) is 0 Å². The molecule has 2 N–H and O–H groups in total. The molecule has 0 radical (unpaired) electrons. The minimum absolute atomic E-state index is 0.140. The van der Waals surface area contributed by atoms with Gasteiger partial charge in [-0.15, -0.1) is 0 Å². The monoisotopic (exact) mass is 311 g/mol. The molecule has 2 aromatic rings. The predicted octanol–water partition coefficient (Wildman–Crippen LogP) is 2.87. The number of aliphatic hydroxyl groups is 1. The average Bonchev–Trinajstić information content (AvgIpc) is 2.98. The summed E-state index contributed by atoms with van der Waals surface area (Å²) in [5, 5.41) is 16.8. The van der Waals surface area contributed by atoms with Crippen molar-refractivity contribution in [3.05, 3.63) is 51.2 Å². The Balaban J connectivity index is 2.02. The number of ether oxygens (including phenoxy) is 1. The highest BCUT2D eigenvalue weighted by Gasteiger charge is 2.15. The summed E-state index contributed by atoms with van der Waals surface area (Å²) in [6.45, 7) is 0.140. The fourth-order valence-electron chi connectivity index (χ4n) is 1.72. The van der Waals surface area contributed by atoms with Crippen molar-refractivity contribution in [3.63, 3.8) is 0 Å². The second-order valence-electron chi connectivity index (χ2n) is 4.13. The summed E-state index contributed by atoms with van der Waals surface area (Å²) < 4.78 is 5.12. The molecule has 20 heavy (non-hydrogen) atoms. The van der Waals surface area contributed by atoms with Crippen LogP contribution in [0.5, 0.6) is 5.75 Å². The molecule has 1 heterocycles. The summed E-state index contributed by atoms with van der Waals surface area (Å²) >= 11 is 7.34. The van der Waals surface area contributed by atoms with E-state index < -0.39 is 6.10 Å². The van der Waals surface area contributed by atoms with Crippen LogP contribution in [0.3, 0.4) is 0 Å². The van der Waals surface area contributed by atoms with E-state index in [1.54, 1.807) is 18.2 Å². The lowest BCUT2D eigenvalue weighted by Gasteiger charge is -2.12. The molecule has 106 valence electrons. The highest BCUT2D eigenvalue weighted by molar-refractivity contribution is 7.07. The molecule has 0 bridgehead atoms. The Bertz CT molecular complexity index is 586. The van der Waals surface area contributed by atoms with Gasteiger partial charge in [-0.3, -0.25) is 4.79 Å². The van der Waals surface area contributed by atoms with Crippen LogP contribution in [0.15, 0.2) is 35.0 Å². The topological polar surface area (TPSA) is 58.6 Å². The Labute approximate surface area is 126 Å². The average molecular weight is 312 g/mol. The maximum atomic E-state index is 12.1. The van der Waals surface area contributed by atoms with E-state index in [1.807, 2.05) is 16.8 Å². The van der Waals surface area contributed by atoms with Crippen molar-refractivity contribution < 1.29 is 14.6 Å². The number of benzene rings is 1. The molecule has 6 heteroatoms. The van der Waals surface area contributed by atoms with Gasteiger partial charge in [0, 0.05) is 11.6 Å². The van der Waals surface area contributed by atoms with E-state index in [0.29, 0.717) is 16.3 Å². The van der Waals surface area contributed by atoms with Crippen LogP contribution in [-0.2, 0) is 0 Å². The normalized spacial score (nSPS) is 11.9. The van der Waals surface area contributed by atoms with Gasteiger partial charge in [0.15, 0.2) is 0 Å². The number of nitrogens with one attached hydrogen (secondary N) is 1. The van der Waals surface area contributed by atoms with E-state index in [2.05, 4.69) is 5.32 Å². The molecule has 0 aliphatic rings. The molecular weight excluding hydrogens is 298 g/mol. The van der Waals surface area contributed by atoms with Crippen LogP contribution in [0.2, 0.25) is 5.02 Å². The van der Waals surface area contributed by atoms with Crippen molar-refractivity contribution in [2.45, 2.75) is 6.10 Å². The zero-order chi connectivity index (χ0) is 14.5. The van der Waals surface area contributed by atoms with Gasteiger partial charge >= 0.3 is 0 Å². The summed E-state index contributed by atoms with van der Waals surface area (Å²) in [7, 11) is 1.47. The van der Waals surface area contributed by atoms with Gasteiger partial charge in [-0.05, 0) is 40.6 Å². The van der Waals surface area contributed by atoms with Crippen molar-refractivity contribution in [1.29, 1.82) is 0 Å². The number of rotatable bonds is 5. The van der Waals surface area contributed by atoms with Gasteiger partial charge in [-0.1, -0.05) is 11.6 Å². The molecule has 0 aliphatic heterocycles. The van der Waals surface area contributed by atoms with Gasteiger partial charge in [0.2, 0.25) is 0 Å². The van der Waals surface area contributed by atoms with Gasteiger partial charge < -0.3 is 15.2 Å². The smallest absolute Gasteiger partial charge is 0.255 e. The van der Waals surface area contributed by atoms with Crippen LogP contribution >= 0.6 is 22.9 Å². The van der Waals surface area contributed by atoms with Crippen molar-refractivity contribution in [2.75, 3.05) is 13.7 Å².